The maximum absolute atomic E-state index is 13.7. The van der Waals surface area contributed by atoms with Gasteiger partial charge in [0, 0.05) is 31.9 Å². The third-order valence-electron chi connectivity index (χ3n) is 9.00. The summed E-state index contributed by atoms with van der Waals surface area (Å²) in [6.45, 7) is 2.33. The number of carbonyl (C=O) groups excluding carboxylic acids is 4. The molecule has 16 nitrogen and oxygen atoms in total. The number of benzene rings is 1. The fraction of sp³-hybridized carbons (Fsp3) is 0.533. The van der Waals surface area contributed by atoms with Gasteiger partial charge in [-0.05, 0) is 44.1 Å². The molecular weight excluding hydrogens is 614 g/mol. The normalized spacial score (nSPS) is 27.4. The number of likely N-dealkylation sites (tertiary alicyclic amines) is 1. The highest BCUT2D eigenvalue weighted by molar-refractivity contribution is 5.91. The van der Waals surface area contributed by atoms with Gasteiger partial charge in [-0.15, -0.1) is 0 Å². The van der Waals surface area contributed by atoms with Crippen molar-refractivity contribution in [2.45, 2.75) is 81.0 Å². The monoisotopic (exact) mass is 647 g/mol. The summed E-state index contributed by atoms with van der Waals surface area (Å²) in [5, 5.41) is 30.7. The van der Waals surface area contributed by atoms with Gasteiger partial charge in [-0.3, -0.25) is 14.4 Å². The quantitative estimate of drug-likeness (QED) is 0.210. The van der Waals surface area contributed by atoms with Crippen molar-refractivity contribution in [1.29, 1.82) is 0 Å². The van der Waals surface area contributed by atoms with Crippen LogP contribution in [0.4, 0.5) is 0 Å². The standard InChI is InChI=1S/C30H33NO15/c1-13(32)42-23(24(43-14(2)33)28(39)45-18(26(36)37)12-20(34)35)27(38)44-17-7-8-30(40)19-11-15-5-6-16(41-4)22-21(15)29(30,25(17)46-22)9-10-31(19)3/h5-7,18-19,23-25,40H,8-12H2,1-4H3,(H,34,35)(H,36,37)/t18-,19-,23+,24+,25+,29+,30-/m0/s1. The van der Waals surface area contributed by atoms with E-state index < -0.39 is 77.7 Å². The number of carboxylic acid groups (broad SMARTS) is 2. The third kappa shape index (κ3) is 5.20. The molecule has 5 rings (SSSR count). The van der Waals surface area contributed by atoms with E-state index in [-0.39, 0.29) is 18.2 Å². The van der Waals surface area contributed by atoms with Gasteiger partial charge in [-0.2, -0.15) is 0 Å². The van der Waals surface area contributed by atoms with E-state index in [1.807, 2.05) is 13.1 Å². The minimum Gasteiger partial charge on any atom is -0.493 e. The van der Waals surface area contributed by atoms with E-state index in [9.17, 15) is 39.0 Å². The molecule has 0 radical (unpaired) electrons. The molecule has 1 saturated heterocycles. The molecule has 0 aromatic heterocycles. The molecule has 2 bridgehead atoms. The second kappa shape index (κ2) is 11.9. The highest BCUT2D eigenvalue weighted by atomic mass is 16.6. The van der Waals surface area contributed by atoms with Crippen LogP contribution in [0.5, 0.6) is 11.5 Å². The molecule has 1 fully saturated rings. The number of carbonyl (C=O) groups is 6. The Labute approximate surface area is 261 Å². The summed E-state index contributed by atoms with van der Waals surface area (Å²) in [5.74, 6) is -8.10. The molecule has 0 amide bonds. The molecule has 16 heteroatoms. The van der Waals surface area contributed by atoms with Crippen LogP contribution >= 0.6 is 0 Å². The zero-order valence-corrected chi connectivity index (χ0v) is 25.3. The third-order valence-corrected chi connectivity index (χ3v) is 9.00. The Morgan fingerprint density at radius 1 is 1.02 bits per heavy atom. The summed E-state index contributed by atoms with van der Waals surface area (Å²) in [4.78, 5) is 75.5. The van der Waals surface area contributed by atoms with Gasteiger partial charge in [0.15, 0.2) is 17.6 Å². The Morgan fingerprint density at radius 2 is 1.67 bits per heavy atom. The Balaban J connectivity index is 1.51. The summed E-state index contributed by atoms with van der Waals surface area (Å²) in [5.41, 5.74) is -0.762. The molecule has 1 aromatic carbocycles. The smallest absolute Gasteiger partial charge is 0.357 e. The molecule has 46 heavy (non-hydrogen) atoms. The molecule has 2 heterocycles. The molecule has 2 aliphatic carbocycles. The number of rotatable bonds is 11. The number of nitrogens with zero attached hydrogens (tertiary/aromatic N) is 1. The van der Waals surface area contributed by atoms with Crippen LogP contribution in [0.15, 0.2) is 24.0 Å². The number of hydrogen-bond acceptors (Lipinski definition) is 14. The molecule has 1 aromatic rings. The lowest BCUT2D eigenvalue weighted by Gasteiger charge is -2.61. The van der Waals surface area contributed by atoms with E-state index in [1.165, 1.54) is 13.2 Å². The summed E-state index contributed by atoms with van der Waals surface area (Å²) in [6, 6.07) is 3.35. The molecular formula is C30H33NO15. The predicted octanol–water partition coefficient (Wildman–Crippen LogP) is -0.149. The number of aliphatic carboxylic acids is 2. The Bertz CT molecular complexity index is 1540. The van der Waals surface area contributed by atoms with Crippen molar-refractivity contribution in [3.8, 4) is 11.5 Å². The summed E-state index contributed by atoms with van der Waals surface area (Å²) < 4.78 is 32.4. The Kier molecular flexibility index (Phi) is 8.46. The summed E-state index contributed by atoms with van der Waals surface area (Å²) in [7, 11) is 3.38. The van der Waals surface area contributed by atoms with E-state index in [2.05, 4.69) is 4.90 Å². The van der Waals surface area contributed by atoms with E-state index in [1.54, 1.807) is 6.07 Å². The summed E-state index contributed by atoms with van der Waals surface area (Å²) >= 11 is 0. The van der Waals surface area contributed by atoms with Gasteiger partial charge in [0.1, 0.15) is 5.76 Å². The van der Waals surface area contributed by atoms with Crippen LogP contribution in [-0.4, -0.2) is 113 Å². The van der Waals surface area contributed by atoms with Crippen molar-refractivity contribution in [2.75, 3.05) is 20.7 Å². The van der Waals surface area contributed by atoms with Crippen molar-refractivity contribution >= 4 is 35.8 Å². The lowest BCUT2D eigenvalue weighted by atomic mass is 9.50. The lowest BCUT2D eigenvalue weighted by molar-refractivity contribution is -0.195. The van der Waals surface area contributed by atoms with Crippen molar-refractivity contribution in [3.63, 3.8) is 0 Å². The second-order valence-corrected chi connectivity index (χ2v) is 11.6. The van der Waals surface area contributed by atoms with Crippen molar-refractivity contribution < 1.29 is 72.5 Å². The van der Waals surface area contributed by atoms with Crippen LogP contribution in [0.3, 0.4) is 0 Å². The van der Waals surface area contributed by atoms with Gasteiger partial charge in [-0.1, -0.05) is 6.07 Å². The molecule has 0 saturated carbocycles. The topological polar surface area (TPSA) is 222 Å². The minimum absolute atomic E-state index is 0.0314. The molecule has 0 unspecified atom stereocenters. The van der Waals surface area contributed by atoms with Gasteiger partial charge < -0.3 is 48.6 Å². The minimum atomic E-state index is -2.38. The second-order valence-electron chi connectivity index (χ2n) is 11.6. The fourth-order valence-electron chi connectivity index (χ4n) is 7.13. The highest BCUT2D eigenvalue weighted by Gasteiger charge is 2.72. The van der Waals surface area contributed by atoms with Gasteiger partial charge in [-0.25, -0.2) is 14.4 Å². The SMILES string of the molecule is COc1ccc2c3c1O[C@@H]1C(OC(=O)[C@H](OC(C)=O)[C@@H](OC(C)=O)C(=O)O[C@@H](CC(=O)O)C(=O)O)=CC[C@]4(O)[C@H](C2)N(C)CC[C@@]314. The number of carboxylic acids is 2. The van der Waals surface area contributed by atoms with Crippen molar-refractivity contribution in [1.82, 2.24) is 4.90 Å². The molecule has 1 spiro atoms. The highest BCUT2D eigenvalue weighted by Crippen LogP contribution is 2.65. The number of ether oxygens (including phenoxy) is 6. The first kappa shape index (κ1) is 32.7. The zero-order valence-electron chi connectivity index (χ0n) is 25.3. The molecule has 3 N–H and O–H groups in total. The van der Waals surface area contributed by atoms with E-state index in [0.717, 1.165) is 25.0 Å². The first-order valence-electron chi connectivity index (χ1n) is 14.4. The van der Waals surface area contributed by atoms with Crippen LogP contribution in [-0.2, 0) is 59.6 Å². The first-order valence-corrected chi connectivity index (χ1v) is 14.4. The molecule has 248 valence electrons. The van der Waals surface area contributed by atoms with Gasteiger partial charge >= 0.3 is 35.8 Å². The molecule has 4 aliphatic rings. The van der Waals surface area contributed by atoms with E-state index >= 15 is 0 Å². The Morgan fingerprint density at radius 3 is 2.26 bits per heavy atom. The zero-order chi connectivity index (χ0) is 33.7. The van der Waals surface area contributed by atoms with Crippen LogP contribution in [0.2, 0.25) is 0 Å². The van der Waals surface area contributed by atoms with E-state index in [4.69, 9.17) is 33.5 Å². The van der Waals surface area contributed by atoms with E-state index in [0.29, 0.717) is 30.9 Å². The fourth-order valence-corrected chi connectivity index (χ4v) is 7.13. The summed E-state index contributed by atoms with van der Waals surface area (Å²) in [6.07, 6.45) is -6.71. The average Bonchev–Trinajstić information content (AvgIpc) is 3.33. The number of piperidine rings is 1. The first-order chi connectivity index (χ1) is 21.6. The average molecular weight is 648 g/mol. The predicted molar refractivity (Wildman–Crippen MR) is 148 cm³/mol. The van der Waals surface area contributed by atoms with Crippen LogP contribution in [0.1, 0.15) is 44.2 Å². The molecule has 2 aliphatic heterocycles. The van der Waals surface area contributed by atoms with Gasteiger partial charge in [0.05, 0.1) is 24.5 Å². The van der Waals surface area contributed by atoms with Crippen molar-refractivity contribution in [3.05, 3.63) is 35.1 Å². The number of aliphatic hydroxyl groups is 1. The number of hydrogen-bond donors (Lipinski definition) is 3. The molecule has 7 atom stereocenters. The lowest BCUT2D eigenvalue weighted by Crippen LogP contribution is -2.74. The van der Waals surface area contributed by atoms with Crippen molar-refractivity contribution in [2.24, 2.45) is 0 Å². The Hall–Kier alpha value is -4.70. The maximum atomic E-state index is 13.7. The maximum Gasteiger partial charge on any atom is 0.357 e. The number of methoxy groups -OCH3 is 1. The number of likely N-dealkylation sites (N-methyl/N-ethyl adjacent to an activating group) is 1. The van der Waals surface area contributed by atoms with Crippen LogP contribution in [0.25, 0.3) is 0 Å². The van der Waals surface area contributed by atoms with Crippen LogP contribution < -0.4 is 9.47 Å². The largest absolute Gasteiger partial charge is 0.493 e. The number of esters is 4. The van der Waals surface area contributed by atoms with Crippen LogP contribution in [0, 0.1) is 0 Å². The van der Waals surface area contributed by atoms with Gasteiger partial charge in [0.25, 0.3) is 0 Å². The van der Waals surface area contributed by atoms with Gasteiger partial charge in [0.2, 0.25) is 18.3 Å².